The summed E-state index contributed by atoms with van der Waals surface area (Å²) in [5, 5.41) is 3.43. The van der Waals surface area contributed by atoms with Crippen molar-refractivity contribution in [3.05, 3.63) is 11.9 Å². The Morgan fingerprint density at radius 3 is 2.93 bits per heavy atom. The van der Waals surface area contributed by atoms with E-state index in [2.05, 4.69) is 41.8 Å². The molecule has 0 amide bonds. The third-order valence-corrected chi connectivity index (χ3v) is 3.09. The molecular weight excluding hydrogens is 186 g/mol. The zero-order chi connectivity index (χ0) is 10.8. The molecule has 2 unspecified atom stereocenters. The number of hydrogen-bond acceptors (Lipinski definition) is 2. The van der Waals surface area contributed by atoms with Crippen molar-refractivity contribution in [2.24, 2.45) is 5.92 Å². The van der Waals surface area contributed by atoms with Gasteiger partial charge in [0.05, 0.1) is 5.69 Å². The Morgan fingerprint density at radius 1 is 1.60 bits per heavy atom. The molecule has 1 aromatic rings. The minimum atomic E-state index is 0.690. The number of aryl methyl sites for hydroxylation is 1. The minimum Gasteiger partial charge on any atom is -0.356 e. The second-order valence-electron chi connectivity index (χ2n) is 4.67. The third-order valence-electron chi connectivity index (χ3n) is 3.09. The first-order chi connectivity index (χ1) is 7.22. The average Bonchev–Trinajstić information content (AvgIpc) is 2.79. The third kappa shape index (κ3) is 2.33. The second kappa shape index (κ2) is 4.25. The molecule has 3 nitrogen and oxygen atoms in total. The van der Waals surface area contributed by atoms with Crippen LogP contribution in [0.25, 0.3) is 0 Å². The van der Waals surface area contributed by atoms with Gasteiger partial charge >= 0.3 is 0 Å². The lowest BCUT2D eigenvalue weighted by atomic mass is 10.3. The summed E-state index contributed by atoms with van der Waals surface area (Å²) in [7, 11) is 0. The molecule has 1 saturated carbocycles. The van der Waals surface area contributed by atoms with Crippen LogP contribution in [0.3, 0.4) is 0 Å². The largest absolute Gasteiger partial charge is 0.356 e. The molecule has 1 aliphatic carbocycles. The maximum Gasteiger partial charge on any atom is 0.203 e. The minimum absolute atomic E-state index is 0.690. The van der Waals surface area contributed by atoms with Gasteiger partial charge in [0, 0.05) is 18.8 Å². The van der Waals surface area contributed by atoms with Crippen LogP contribution in [0.1, 0.15) is 44.8 Å². The van der Waals surface area contributed by atoms with Gasteiger partial charge in [-0.1, -0.05) is 20.3 Å². The predicted octanol–water partition coefficient (Wildman–Crippen LogP) is 2.98. The van der Waals surface area contributed by atoms with Gasteiger partial charge in [-0.05, 0) is 25.7 Å². The van der Waals surface area contributed by atoms with Gasteiger partial charge < -0.3 is 9.88 Å². The van der Waals surface area contributed by atoms with E-state index in [9.17, 15) is 0 Å². The molecule has 1 fully saturated rings. The Labute approximate surface area is 91.9 Å². The second-order valence-corrected chi connectivity index (χ2v) is 4.67. The number of anilines is 1. The van der Waals surface area contributed by atoms with Crippen LogP contribution in [-0.2, 0) is 0 Å². The van der Waals surface area contributed by atoms with Gasteiger partial charge in [-0.25, -0.2) is 4.98 Å². The molecule has 1 aromatic heterocycles. The van der Waals surface area contributed by atoms with Crippen LogP contribution in [-0.4, -0.2) is 16.1 Å². The van der Waals surface area contributed by atoms with Crippen LogP contribution in [0.15, 0.2) is 6.20 Å². The Balaban J connectivity index is 2.02. The maximum atomic E-state index is 4.53. The number of nitrogens with zero attached hydrogens (tertiary/aromatic N) is 2. The predicted molar refractivity (Wildman–Crippen MR) is 63.2 cm³/mol. The molecule has 0 radical (unpaired) electrons. The van der Waals surface area contributed by atoms with Crippen molar-refractivity contribution in [1.29, 1.82) is 0 Å². The lowest BCUT2D eigenvalue weighted by molar-refractivity contribution is 0.685. The fourth-order valence-electron chi connectivity index (χ4n) is 1.97. The van der Waals surface area contributed by atoms with E-state index in [1.807, 2.05) is 0 Å². The number of unbranched alkanes of at least 4 members (excludes halogenated alkanes) is 1. The number of hydrogen-bond donors (Lipinski definition) is 1. The summed E-state index contributed by atoms with van der Waals surface area (Å²) < 4.78 is 2.32. The Morgan fingerprint density at radius 2 is 2.33 bits per heavy atom. The first-order valence-corrected chi connectivity index (χ1v) is 6.01. The van der Waals surface area contributed by atoms with E-state index < -0.39 is 0 Å². The highest BCUT2D eigenvalue weighted by Crippen LogP contribution is 2.44. The zero-order valence-electron chi connectivity index (χ0n) is 9.95. The van der Waals surface area contributed by atoms with Crippen molar-refractivity contribution >= 4 is 5.95 Å². The molecule has 0 aliphatic heterocycles. The number of imidazole rings is 1. The van der Waals surface area contributed by atoms with E-state index in [-0.39, 0.29) is 0 Å². The highest BCUT2D eigenvalue weighted by Gasteiger charge is 2.35. The fourth-order valence-corrected chi connectivity index (χ4v) is 1.97. The van der Waals surface area contributed by atoms with Crippen LogP contribution < -0.4 is 5.32 Å². The van der Waals surface area contributed by atoms with Crippen LogP contribution in [0, 0.1) is 12.8 Å². The Kier molecular flexibility index (Phi) is 2.98. The molecule has 0 aromatic carbocycles. The maximum absolute atomic E-state index is 4.53. The van der Waals surface area contributed by atoms with Crippen molar-refractivity contribution in [3.63, 3.8) is 0 Å². The number of aromatic nitrogens is 2. The molecular formula is C12H21N3. The molecule has 1 heterocycles. The Hall–Kier alpha value is -0.990. The molecule has 2 atom stereocenters. The van der Waals surface area contributed by atoms with E-state index >= 15 is 0 Å². The van der Waals surface area contributed by atoms with Crippen molar-refractivity contribution in [2.45, 2.75) is 46.1 Å². The first kappa shape index (κ1) is 10.5. The number of rotatable bonds is 5. The van der Waals surface area contributed by atoms with Gasteiger partial charge in [0.15, 0.2) is 0 Å². The van der Waals surface area contributed by atoms with Gasteiger partial charge in [-0.15, -0.1) is 0 Å². The molecule has 15 heavy (non-hydrogen) atoms. The Bertz CT molecular complexity index is 330. The average molecular weight is 207 g/mol. The SMILES string of the molecule is CCCCNc1nc(C)cn1C1CC1C. The van der Waals surface area contributed by atoms with E-state index in [0.29, 0.717) is 6.04 Å². The van der Waals surface area contributed by atoms with Gasteiger partial charge in [0.25, 0.3) is 0 Å². The lowest BCUT2D eigenvalue weighted by Gasteiger charge is -2.08. The van der Waals surface area contributed by atoms with Gasteiger partial charge in [0.2, 0.25) is 5.95 Å². The topological polar surface area (TPSA) is 29.9 Å². The zero-order valence-corrected chi connectivity index (χ0v) is 9.95. The monoisotopic (exact) mass is 207 g/mol. The summed E-state index contributed by atoms with van der Waals surface area (Å²) in [4.78, 5) is 4.53. The van der Waals surface area contributed by atoms with Crippen LogP contribution in [0.2, 0.25) is 0 Å². The quantitative estimate of drug-likeness (QED) is 0.752. The molecule has 3 heteroatoms. The van der Waals surface area contributed by atoms with Crippen molar-refractivity contribution < 1.29 is 0 Å². The molecule has 0 saturated heterocycles. The van der Waals surface area contributed by atoms with E-state index in [4.69, 9.17) is 0 Å². The van der Waals surface area contributed by atoms with E-state index in [0.717, 1.165) is 24.1 Å². The van der Waals surface area contributed by atoms with Crippen molar-refractivity contribution in [1.82, 2.24) is 9.55 Å². The van der Waals surface area contributed by atoms with Gasteiger partial charge in [0.1, 0.15) is 0 Å². The van der Waals surface area contributed by atoms with Crippen LogP contribution in [0.5, 0.6) is 0 Å². The van der Waals surface area contributed by atoms with Gasteiger partial charge in [-0.3, -0.25) is 0 Å². The summed E-state index contributed by atoms with van der Waals surface area (Å²) >= 11 is 0. The smallest absolute Gasteiger partial charge is 0.203 e. The molecule has 2 rings (SSSR count). The first-order valence-electron chi connectivity index (χ1n) is 6.01. The highest BCUT2D eigenvalue weighted by molar-refractivity contribution is 5.30. The highest BCUT2D eigenvalue weighted by atomic mass is 15.2. The van der Waals surface area contributed by atoms with E-state index in [1.165, 1.54) is 19.3 Å². The molecule has 84 valence electrons. The summed E-state index contributed by atoms with van der Waals surface area (Å²) in [6.07, 6.45) is 5.92. The molecule has 0 bridgehead atoms. The standard InChI is InChI=1S/C12H21N3/c1-4-5-6-13-12-14-10(3)8-15(12)11-7-9(11)2/h8-9,11H,4-7H2,1-3H3,(H,13,14). The molecule has 1 N–H and O–H groups in total. The summed E-state index contributed by atoms with van der Waals surface area (Å²) in [6, 6.07) is 0.690. The summed E-state index contributed by atoms with van der Waals surface area (Å²) in [5.41, 5.74) is 1.12. The van der Waals surface area contributed by atoms with Crippen LogP contribution in [0.4, 0.5) is 5.95 Å². The van der Waals surface area contributed by atoms with Gasteiger partial charge in [-0.2, -0.15) is 0 Å². The van der Waals surface area contributed by atoms with Crippen molar-refractivity contribution in [3.8, 4) is 0 Å². The number of nitrogens with one attached hydrogen (secondary N) is 1. The summed E-state index contributed by atoms with van der Waals surface area (Å²) in [6.45, 7) is 7.61. The normalized spacial score (nSPS) is 24.2. The lowest BCUT2D eigenvalue weighted by Crippen LogP contribution is -2.08. The summed E-state index contributed by atoms with van der Waals surface area (Å²) in [5.74, 6) is 1.89. The molecule has 1 aliphatic rings. The van der Waals surface area contributed by atoms with Crippen molar-refractivity contribution in [2.75, 3.05) is 11.9 Å². The van der Waals surface area contributed by atoms with Crippen LogP contribution >= 0.6 is 0 Å². The fraction of sp³-hybridized carbons (Fsp3) is 0.750. The van der Waals surface area contributed by atoms with E-state index in [1.54, 1.807) is 0 Å². The molecule has 0 spiro atoms.